The molecule has 0 aliphatic carbocycles. The molecule has 0 atom stereocenters. The van der Waals surface area contributed by atoms with Crippen LogP contribution >= 0.6 is 0 Å². The van der Waals surface area contributed by atoms with E-state index in [4.69, 9.17) is 4.74 Å². The van der Waals surface area contributed by atoms with Gasteiger partial charge in [0.25, 0.3) is 0 Å². The van der Waals surface area contributed by atoms with Crippen molar-refractivity contribution < 1.29 is 13.9 Å². The molecule has 1 aliphatic heterocycles. The normalized spacial score (nSPS) is 13.7. The van der Waals surface area contributed by atoms with Gasteiger partial charge in [0.05, 0.1) is 13.0 Å². The van der Waals surface area contributed by atoms with Crippen LogP contribution in [0.1, 0.15) is 22.8 Å². The molecule has 3 aromatic rings. The summed E-state index contributed by atoms with van der Waals surface area (Å²) in [6.07, 6.45) is 2.65. The molecule has 0 radical (unpaired) electrons. The van der Waals surface area contributed by atoms with Gasteiger partial charge in [0.1, 0.15) is 24.0 Å². The zero-order valence-corrected chi connectivity index (χ0v) is 18.5. The Balaban J connectivity index is 1.33. The standard InChI is InChI=1S/C25H28FN5O2/c1-2-14-33-22-9-4-3-7-20(22)18-30-11-10-23-28-29-24(31(23)13-12-30)17-27-25(32)16-19-6-5-8-21(26)15-19/h2-9,15H,1,10-14,16-18H2,(H,27,32). The van der Waals surface area contributed by atoms with Crippen LogP contribution in [0.15, 0.2) is 61.2 Å². The molecule has 0 saturated carbocycles. The van der Waals surface area contributed by atoms with Gasteiger partial charge in [-0.15, -0.1) is 10.2 Å². The first-order chi connectivity index (χ1) is 16.1. The Hall–Kier alpha value is -3.52. The SMILES string of the molecule is C=CCOc1ccccc1CN1CCc2nnc(CNC(=O)Cc3cccc(F)c3)n2CC1. The fourth-order valence-corrected chi connectivity index (χ4v) is 3.95. The molecule has 1 N–H and O–H groups in total. The highest BCUT2D eigenvalue weighted by Gasteiger charge is 2.20. The Labute approximate surface area is 192 Å². The van der Waals surface area contributed by atoms with Crippen LogP contribution in [0.5, 0.6) is 5.75 Å². The van der Waals surface area contributed by atoms with Gasteiger partial charge in [0.2, 0.25) is 5.91 Å². The largest absolute Gasteiger partial charge is 0.489 e. The lowest BCUT2D eigenvalue weighted by atomic mass is 10.1. The topological polar surface area (TPSA) is 72.3 Å². The van der Waals surface area contributed by atoms with Crippen molar-refractivity contribution in [2.75, 3.05) is 19.7 Å². The van der Waals surface area contributed by atoms with Crippen molar-refractivity contribution in [1.29, 1.82) is 0 Å². The van der Waals surface area contributed by atoms with Gasteiger partial charge < -0.3 is 14.6 Å². The second-order valence-corrected chi connectivity index (χ2v) is 8.00. The van der Waals surface area contributed by atoms with Crippen molar-refractivity contribution >= 4 is 5.91 Å². The summed E-state index contributed by atoms with van der Waals surface area (Å²) < 4.78 is 21.2. The highest BCUT2D eigenvalue weighted by atomic mass is 19.1. The molecule has 2 heterocycles. The second-order valence-electron chi connectivity index (χ2n) is 8.00. The zero-order valence-electron chi connectivity index (χ0n) is 18.5. The van der Waals surface area contributed by atoms with Crippen LogP contribution in [0.4, 0.5) is 4.39 Å². The van der Waals surface area contributed by atoms with E-state index in [1.807, 2.05) is 18.2 Å². The molecule has 1 aromatic heterocycles. The van der Waals surface area contributed by atoms with Gasteiger partial charge in [0, 0.05) is 38.2 Å². The molecule has 172 valence electrons. The molecule has 0 fully saturated rings. The highest BCUT2D eigenvalue weighted by molar-refractivity contribution is 5.78. The maximum atomic E-state index is 13.3. The minimum absolute atomic E-state index is 0.125. The molecule has 0 unspecified atom stereocenters. The number of nitrogens with zero attached hydrogens (tertiary/aromatic N) is 4. The Morgan fingerprint density at radius 3 is 2.88 bits per heavy atom. The van der Waals surface area contributed by atoms with Crippen molar-refractivity contribution in [3.8, 4) is 5.75 Å². The molecular formula is C25H28FN5O2. The number of rotatable bonds is 9. The lowest BCUT2D eigenvalue weighted by molar-refractivity contribution is -0.120. The number of ether oxygens (including phenoxy) is 1. The van der Waals surface area contributed by atoms with E-state index in [-0.39, 0.29) is 18.1 Å². The number of carbonyl (C=O) groups excluding carboxylic acids is 1. The first-order valence-corrected chi connectivity index (χ1v) is 11.1. The quantitative estimate of drug-likeness (QED) is 0.509. The van der Waals surface area contributed by atoms with Gasteiger partial charge in [-0.25, -0.2) is 4.39 Å². The average Bonchev–Trinajstić information content (AvgIpc) is 3.09. The van der Waals surface area contributed by atoms with E-state index >= 15 is 0 Å². The predicted octanol–water partition coefficient (Wildman–Crippen LogP) is 2.90. The van der Waals surface area contributed by atoms with E-state index in [9.17, 15) is 9.18 Å². The van der Waals surface area contributed by atoms with Crippen LogP contribution in [0.2, 0.25) is 0 Å². The number of hydrogen-bond acceptors (Lipinski definition) is 5. The highest BCUT2D eigenvalue weighted by Crippen LogP contribution is 2.21. The molecule has 0 bridgehead atoms. The number of nitrogens with one attached hydrogen (secondary N) is 1. The predicted molar refractivity (Wildman–Crippen MR) is 123 cm³/mol. The molecule has 4 rings (SSSR count). The fraction of sp³-hybridized carbons (Fsp3) is 0.320. The molecule has 0 spiro atoms. The third-order valence-corrected chi connectivity index (χ3v) is 5.62. The minimum Gasteiger partial charge on any atom is -0.489 e. The summed E-state index contributed by atoms with van der Waals surface area (Å²) in [5.41, 5.74) is 1.78. The van der Waals surface area contributed by atoms with Crippen LogP contribution < -0.4 is 10.1 Å². The van der Waals surface area contributed by atoms with E-state index in [2.05, 4.69) is 37.6 Å². The first kappa shape index (κ1) is 22.7. The Kier molecular flexibility index (Phi) is 7.47. The number of aromatic nitrogens is 3. The van der Waals surface area contributed by atoms with Crippen molar-refractivity contribution in [3.63, 3.8) is 0 Å². The second kappa shape index (κ2) is 10.9. The number of amides is 1. The minimum atomic E-state index is -0.345. The molecule has 8 heteroatoms. The Bertz CT molecular complexity index is 1110. The summed E-state index contributed by atoms with van der Waals surface area (Å²) in [4.78, 5) is 14.7. The van der Waals surface area contributed by atoms with Gasteiger partial charge >= 0.3 is 0 Å². The molecule has 33 heavy (non-hydrogen) atoms. The number of halogens is 1. The molecule has 1 amide bonds. The van der Waals surface area contributed by atoms with Gasteiger partial charge in [0.15, 0.2) is 5.82 Å². The van der Waals surface area contributed by atoms with Gasteiger partial charge in [-0.05, 0) is 23.8 Å². The lowest BCUT2D eigenvalue weighted by Gasteiger charge is -2.21. The van der Waals surface area contributed by atoms with Gasteiger partial charge in [-0.3, -0.25) is 9.69 Å². The molecule has 2 aromatic carbocycles. The summed E-state index contributed by atoms with van der Waals surface area (Å²) in [5.74, 6) is 2.01. The maximum Gasteiger partial charge on any atom is 0.224 e. The van der Waals surface area contributed by atoms with E-state index in [0.29, 0.717) is 18.7 Å². The summed E-state index contributed by atoms with van der Waals surface area (Å²) in [7, 11) is 0. The van der Waals surface area contributed by atoms with Crippen molar-refractivity contribution in [3.05, 3.63) is 89.8 Å². The van der Waals surface area contributed by atoms with Crippen LogP contribution in [-0.4, -0.2) is 45.3 Å². The molecule has 1 aliphatic rings. The fourth-order valence-electron chi connectivity index (χ4n) is 3.95. The smallest absolute Gasteiger partial charge is 0.224 e. The number of para-hydroxylation sites is 1. The molecular weight excluding hydrogens is 421 g/mol. The average molecular weight is 450 g/mol. The summed E-state index contributed by atoms with van der Waals surface area (Å²) in [5, 5.41) is 11.5. The molecule has 0 saturated heterocycles. The molecule has 7 nitrogen and oxygen atoms in total. The van der Waals surface area contributed by atoms with E-state index in [0.717, 1.165) is 55.6 Å². The summed E-state index contributed by atoms with van der Waals surface area (Å²) >= 11 is 0. The third-order valence-electron chi connectivity index (χ3n) is 5.62. The Morgan fingerprint density at radius 1 is 1.15 bits per heavy atom. The van der Waals surface area contributed by atoms with E-state index in [1.54, 1.807) is 18.2 Å². The summed E-state index contributed by atoms with van der Waals surface area (Å²) in [6.45, 7) is 7.71. The number of fused-ring (bicyclic) bond motifs is 1. The van der Waals surface area contributed by atoms with E-state index < -0.39 is 0 Å². The van der Waals surface area contributed by atoms with Crippen LogP contribution in [0.25, 0.3) is 0 Å². The first-order valence-electron chi connectivity index (χ1n) is 11.1. The van der Waals surface area contributed by atoms with Gasteiger partial charge in [-0.1, -0.05) is 43.0 Å². The van der Waals surface area contributed by atoms with Crippen LogP contribution in [0.3, 0.4) is 0 Å². The van der Waals surface area contributed by atoms with E-state index in [1.165, 1.54) is 12.1 Å². The zero-order chi connectivity index (χ0) is 23.0. The van der Waals surface area contributed by atoms with Crippen molar-refractivity contribution in [2.45, 2.75) is 32.5 Å². The van der Waals surface area contributed by atoms with Gasteiger partial charge in [-0.2, -0.15) is 0 Å². The van der Waals surface area contributed by atoms with Crippen molar-refractivity contribution in [1.82, 2.24) is 25.0 Å². The Morgan fingerprint density at radius 2 is 2.03 bits per heavy atom. The lowest BCUT2D eigenvalue weighted by Crippen LogP contribution is -2.28. The van der Waals surface area contributed by atoms with Crippen LogP contribution in [0, 0.1) is 5.82 Å². The number of benzene rings is 2. The maximum absolute atomic E-state index is 13.3. The number of carbonyl (C=O) groups is 1. The van der Waals surface area contributed by atoms with Crippen LogP contribution in [-0.2, 0) is 37.3 Å². The monoisotopic (exact) mass is 449 g/mol. The third kappa shape index (κ3) is 6.04. The summed E-state index contributed by atoms with van der Waals surface area (Å²) in [6, 6.07) is 14.1. The van der Waals surface area contributed by atoms with Crippen molar-refractivity contribution in [2.24, 2.45) is 0 Å². The number of hydrogen-bond donors (Lipinski definition) is 1.